The Morgan fingerprint density at radius 3 is 3.24 bits per heavy atom. The molecule has 1 aromatic carbocycles. The van der Waals surface area contributed by atoms with Crippen LogP contribution in [0.25, 0.3) is 10.2 Å². The molecule has 0 saturated carbocycles. The largest absolute Gasteiger partial charge is 0.377 e. The lowest BCUT2D eigenvalue weighted by molar-refractivity contribution is 0.115. The van der Waals surface area contributed by atoms with Gasteiger partial charge in [0.1, 0.15) is 0 Å². The van der Waals surface area contributed by atoms with Crippen LogP contribution in [0.2, 0.25) is 0 Å². The Kier molecular flexibility index (Phi) is 3.61. The molecule has 0 radical (unpaired) electrons. The molecule has 1 N–H and O–H groups in total. The van der Waals surface area contributed by atoms with Gasteiger partial charge < -0.3 is 4.74 Å². The minimum atomic E-state index is 0.386. The average Bonchev–Trinajstić information content (AvgIpc) is 2.96. The van der Waals surface area contributed by atoms with E-state index >= 15 is 0 Å². The van der Waals surface area contributed by atoms with Crippen LogP contribution in [0.4, 0.5) is 0 Å². The predicted molar refractivity (Wildman–Crippen MR) is 72.5 cm³/mol. The summed E-state index contributed by atoms with van der Waals surface area (Å²) in [7, 11) is 0. The van der Waals surface area contributed by atoms with Crippen molar-refractivity contribution in [2.24, 2.45) is 0 Å². The van der Waals surface area contributed by atoms with E-state index in [2.05, 4.69) is 27.9 Å². The fourth-order valence-corrected chi connectivity index (χ4v) is 3.74. The monoisotopic (exact) mass is 266 g/mol. The highest BCUT2D eigenvalue weighted by molar-refractivity contribution is 7.99. The van der Waals surface area contributed by atoms with Gasteiger partial charge in [-0.3, -0.25) is 4.72 Å². The van der Waals surface area contributed by atoms with Gasteiger partial charge in [-0.25, -0.2) is 4.98 Å². The third kappa shape index (κ3) is 2.80. The van der Waals surface area contributed by atoms with Crippen LogP contribution in [0.1, 0.15) is 12.8 Å². The van der Waals surface area contributed by atoms with E-state index in [0.29, 0.717) is 6.10 Å². The molecule has 1 aromatic heterocycles. The van der Waals surface area contributed by atoms with Crippen molar-refractivity contribution in [3.05, 3.63) is 24.3 Å². The Morgan fingerprint density at radius 1 is 1.47 bits per heavy atom. The molecule has 1 atom stereocenters. The molecule has 1 unspecified atom stereocenters. The van der Waals surface area contributed by atoms with Crippen molar-refractivity contribution >= 4 is 33.5 Å². The van der Waals surface area contributed by atoms with Crippen LogP contribution in [-0.4, -0.2) is 24.2 Å². The van der Waals surface area contributed by atoms with Gasteiger partial charge in [-0.15, -0.1) is 11.3 Å². The summed E-state index contributed by atoms with van der Waals surface area (Å²) in [5.74, 6) is 0. The zero-order chi connectivity index (χ0) is 11.5. The summed E-state index contributed by atoms with van der Waals surface area (Å²) < 4.78 is 11.2. The SMILES string of the molecule is c1ccc2sc(SNCC3CCCO3)nc2c1. The number of ether oxygens (including phenoxy) is 1. The summed E-state index contributed by atoms with van der Waals surface area (Å²) >= 11 is 3.34. The molecule has 1 saturated heterocycles. The highest BCUT2D eigenvalue weighted by Crippen LogP contribution is 2.27. The first-order valence-corrected chi connectivity index (χ1v) is 7.42. The lowest BCUT2D eigenvalue weighted by atomic mass is 10.2. The number of aromatic nitrogens is 1. The topological polar surface area (TPSA) is 34.1 Å². The van der Waals surface area contributed by atoms with Crippen molar-refractivity contribution in [1.29, 1.82) is 0 Å². The van der Waals surface area contributed by atoms with Gasteiger partial charge in [0.05, 0.1) is 16.3 Å². The van der Waals surface area contributed by atoms with Gasteiger partial charge in [0.15, 0.2) is 4.34 Å². The molecule has 0 amide bonds. The van der Waals surface area contributed by atoms with E-state index in [0.717, 1.165) is 23.0 Å². The van der Waals surface area contributed by atoms with E-state index in [9.17, 15) is 0 Å². The molecule has 1 aliphatic heterocycles. The molecule has 0 bridgehead atoms. The summed E-state index contributed by atoms with van der Waals surface area (Å²) in [6, 6.07) is 8.23. The van der Waals surface area contributed by atoms with E-state index in [1.165, 1.54) is 17.5 Å². The van der Waals surface area contributed by atoms with E-state index in [4.69, 9.17) is 4.74 Å². The second-order valence-electron chi connectivity index (χ2n) is 4.03. The summed E-state index contributed by atoms with van der Waals surface area (Å²) in [6.45, 7) is 1.82. The number of nitrogens with zero attached hydrogens (tertiary/aromatic N) is 1. The van der Waals surface area contributed by atoms with Crippen molar-refractivity contribution in [2.45, 2.75) is 23.3 Å². The molecule has 0 spiro atoms. The first-order valence-electron chi connectivity index (χ1n) is 5.79. The standard InChI is InChI=1S/C12H14N2OS2/c1-2-6-11-10(5-1)14-12(16-11)17-13-8-9-4-3-7-15-9/h1-2,5-6,9,13H,3-4,7-8H2. The molecule has 2 heterocycles. The first kappa shape index (κ1) is 11.5. The Bertz CT molecular complexity index is 461. The van der Waals surface area contributed by atoms with Gasteiger partial charge >= 0.3 is 0 Å². The van der Waals surface area contributed by atoms with Crippen molar-refractivity contribution in [2.75, 3.05) is 13.2 Å². The third-order valence-electron chi connectivity index (χ3n) is 2.77. The first-order chi connectivity index (χ1) is 8.42. The number of benzene rings is 1. The summed E-state index contributed by atoms with van der Waals surface area (Å²) in [5.41, 5.74) is 1.08. The highest BCUT2D eigenvalue weighted by Gasteiger charge is 2.15. The smallest absolute Gasteiger partial charge is 0.166 e. The van der Waals surface area contributed by atoms with Crippen LogP contribution >= 0.6 is 23.3 Å². The Hall–Kier alpha value is -0.620. The van der Waals surface area contributed by atoms with Crippen LogP contribution in [-0.2, 0) is 4.74 Å². The summed E-state index contributed by atoms with van der Waals surface area (Å²) in [5, 5.41) is 0. The molecule has 5 heteroatoms. The van der Waals surface area contributed by atoms with Gasteiger partial charge in [0, 0.05) is 13.2 Å². The maximum absolute atomic E-state index is 5.56. The molecular weight excluding hydrogens is 252 g/mol. The van der Waals surface area contributed by atoms with Gasteiger partial charge in [-0.2, -0.15) is 0 Å². The number of thiazole rings is 1. The van der Waals surface area contributed by atoms with Gasteiger partial charge in [-0.05, 0) is 36.9 Å². The lowest BCUT2D eigenvalue weighted by Crippen LogP contribution is -2.20. The van der Waals surface area contributed by atoms with Gasteiger partial charge in [-0.1, -0.05) is 12.1 Å². The molecule has 1 aliphatic rings. The zero-order valence-electron chi connectivity index (χ0n) is 9.39. The van der Waals surface area contributed by atoms with Crippen LogP contribution in [0.3, 0.4) is 0 Å². The maximum atomic E-state index is 5.56. The summed E-state index contributed by atoms with van der Waals surface area (Å²) in [6.07, 6.45) is 2.75. The average molecular weight is 266 g/mol. The highest BCUT2D eigenvalue weighted by atomic mass is 32.2. The van der Waals surface area contributed by atoms with Crippen LogP contribution in [0.5, 0.6) is 0 Å². The minimum Gasteiger partial charge on any atom is -0.377 e. The number of hydrogen-bond donors (Lipinski definition) is 1. The quantitative estimate of drug-likeness (QED) is 0.862. The van der Waals surface area contributed by atoms with Gasteiger partial charge in [0.25, 0.3) is 0 Å². The third-order valence-corrected chi connectivity index (χ3v) is 4.68. The van der Waals surface area contributed by atoms with Crippen LogP contribution < -0.4 is 4.72 Å². The number of hydrogen-bond acceptors (Lipinski definition) is 5. The lowest BCUT2D eigenvalue weighted by Gasteiger charge is -2.08. The molecule has 90 valence electrons. The normalized spacial score (nSPS) is 20.1. The maximum Gasteiger partial charge on any atom is 0.166 e. The van der Waals surface area contributed by atoms with Crippen LogP contribution in [0, 0.1) is 0 Å². The number of fused-ring (bicyclic) bond motifs is 1. The van der Waals surface area contributed by atoms with E-state index < -0.39 is 0 Å². The van der Waals surface area contributed by atoms with Crippen molar-refractivity contribution in [3.63, 3.8) is 0 Å². The minimum absolute atomic E-state index is 0.386. The number of rotatable bonds is 4. The fourth-order valence-electron chi connectivity index (χ4n) is 1.90. The number of nitrogens with one attached hydrogen (secondary N) is 1. The Balaban J connectivity index is 1.57. The second kappa shape index (κ2) is 5.35. The molecule has 0 aliphatic carbocycles. The van der Waals surface area contributed by atoms with Gasteiger partial charge in [0.2, 0.25) is 0 Å². The van der Waals surface area contributed by atoms with Crippen LogP contribution in [0.15, 0.2) is 28.6 Å². The molecule has 1 fully saturated rings. The molecular formula is C12H14N2OS2. The Morgan fingerprint density at radius 2 is 2.41 bits per heavy atom. The van der Waals surface area contributed by atoms with Crippen molar-refractivity contribution < 1.29 is 4.74 Å². The zero-order valence-corrected chi connectivity index (χ0v) is 11.0. The second-order valence-corrected chi connectivity index (χ2v) is 6.20. The molecule has 2 aromatic rings. The fraction of sp³-hybridized carbons (Fsp3) is 0.417. The van der Waals surface area contributed by atoms with Crippen molar-refractivity contribution in [3.8, 4) is 0 Å². The van der Waals surface area contributed by atoms with E-state index in [-0.39, 0.29) is 0 Å². The molecule has 17 heavy (non-hydrogen) atoms. The van der Waals surface area contributed by atoms with E-state index in [1.54, 1.807) is 23.3 Å². The van der Waals surface area contributed by atoms with Crippen molar-refractivity contribution in [1.82, 2.24) is 9.71 Å². The molecule has 3 nitrogen and oxygen atoms in total. The number of para-hydroxylation sites is 1. The summed E-state index contributed by atoms with van der Waals surface area (Å²) in [4.78, 5) is 4.56. The Labute approximate surface area is 109 Å². The van der Waals surface area contributed by atoms with E-state index in [1.807, 2.05) is 6.07 Å². The predicted octanol–water partition coefficient (Wildman–Crippen LogP) is 3.07. The molecule has 3 rings (SSSR count).